The van der Waals surface area contributed by atoms with Crippen molar-refractivity contribution in [3.63, 3.8) is 0 Å². The van der Waals surface area contributed by atoms with Gasteiger partial charge in [-0.15, -0.1) is 0 Å². The Balaban J connectivity index is 1.47. The number of amides is 4. The van der Waals surface area contributed by atoms with Crippen molar-refractivity contribution in [2.45, 2.75) is 89.1 Å². The number of carbonyl (C=O) groups is 5. The molecular formula is C47H61N11O13S. The zero-order valence-electron chi connectivity index (χ0n) is 40.3. The van der Waals surface area contributed by atoms with E-state index in [4.69, 9.17) is 31.8 Å². The number of anilines is 1. The Morgan fingerprint density at radius 2 is 1.69 bits per heavy atom. The average Bonchev–Trinajstić information content (AvgIpc) is 3.63. The Morgan fingerprint density at radius 3 is 2.35 bits per heavy atom. The van der Waals surface area contributed by atoms with Crippen molar-refractivity contribution in [3.05, 3.63) is 76.0 Å². The number of aryl methyl sites for hydroxylation is 1. The third-order valence-corrected chi connectivity index (χ3v) is 13.1. The van der Waals surface area contributed by atoms with Crippen LogP contribution in [0, 0.1) is 6.92 Å². The molecule has 0 saturated heterocycles. The quantitative estimate of drug-likeness (QED) is 0.0592. The molecule has 2 heterocycles. The number of nitrogens with zero attached hydrogens (tertiary/aromatic N) is 3. The van der Waals surface area contributed by atoms with E-state index in [1.165, 1.54) is 38.1 Å². The van der Waals surface area contributed by atoms with Crippen LogP contribution in [0.5, 0.6) is 23.0 Å². The number of rotatable bonds is 17. The molecule has 0 saturated carbocycles. The van der Waals surface area contributed by atoms with E-state index in [1.54, 1.807) is 12.1 Å². The summed E-state index contributed by atoms with van der Waals surface area (Å²) in [6.07, 6.45) is 0.316. The van der Waals surface area contributed by atoms with E-state index in [9.17, 15) is 52.8 Å². The number of benzene rings is 3. The van der Waals surface area contributed by atoms with Crippen LogP contribution in [0.1, 0.15) is 78.0 Å². The van der Waals surface area contributed by atoms with Gasteiger partial charge < -0.3 is 68.0 Å². The number of hydrogen-bond donors (Lipinski definition) is 12. The maximum Gasteiger partial charge on any atom is 0.326 e. The third kappa shape index (κ3) is 12.1. The SMILES string of the molecule is Cc1nc(-c2ccc3c(c2O)CCC3(C)C)nc(N)c1C(=O)N[C@@H](CNS(N)(=O)=O)C(=O)N(C)[C@@H]1C(=O)N[C@@H](C)C(=O)N[C@H](C(=O)O)Cc2ccc(OCCCN)c(c2)-c2cc1cc(OC[C@H](O)CN)c2O. The second kappa shape index (κ2) is 22.1. The van der Waals surface area contributed by atoms with Crippen molar-refractivity contribution in [3.8, 4) is 45.5 Å². The monoisotopic (exact) mass is 1020 g/mol. The van der Waals surface area contributed by atoms with Crippen molar-refractivity contribution in [2.24, 2.45) is 16.6 Å². The first kappa shape index (κ1) is 54.2. The number of likely N-dealkylation sites (N-methyl/N-ethyl adjacent to an activating group) is 1. The van der Waals surface area contributed by atoms with Gasteiger partial charge in [-0.2, -0.15) is 13.1 Å². The molecule has 1 aliphatic carbocycles. The van der Waals surface area contributed by atoms with Crippen LogP contribution in [0.2, 0.25) is 0 Å². The summed E-state index contributed by atoms with van der Waals surface area (Å²) in [7, 11) is -3.42. The minimum absolute atomic E-state index is 0.00571. The smallest absolute Gasteiger partial charge is 0.326 e. The number of aliphatic hydroxyl groups excluding tert-OH is 1. The number of nitrogens with one attached hydrogen (secondary N) is 4. The van der Waals surface area contributed by atoms with Gasteiger partial charge in [0.25, 0.3) is 16.1 Å². The Hall–Kier alpha value is -7.16. The Labute approximate surface area is 415 Å². The molecule has 5 atom stereocenters. The Morgan fingerprint density at radius 1 is 0.972 bits per heavy atom. The van der Waals surface area contributed by atoms with Crippen molar-refractivity contribution in [1.82, 2.24) is 35.5 Å². The number of phenolic OH excluding ortho intramolecular Hbond substituents is 2. The number of aliphatic hydroxyl groups is 1. The minimum atomic E-state index is -4.55. The van der Waals surface area contributed by atoms with E-state index in [2.05, 4.69) is 39.8 Å². The number of nitrogens with two attached hydrogens (primary N) is 4. The number of carboxylic acids is 1. The first-order valence-corrected chi connectivity index (χ1v) is 24.4. The lowest BCUT2D eigenvalue weighted by Crippen LogP contribution is -2.57. The normalized spacial score (nSPS) is 18.4. The van der Waals surface area contributed by atoms with E-state index in [-0.39, 0.29) is 93.9 Å². The molecule has 16 N–H and O–H groups in total. The van der Waals surface area contributed by atoms with E-state index >= 15 is 0 Å². The van der Waals surface area contributed by atoms with E-state index in [1.807, 2.05) is 10.8 Å². The average molecular weight is 1020 g/mol. The molecule has 4 bridgehead atoms. The van der Waals surface area contributed by atoms with Gasteiger partial charge in [0, 0.05) is 37.7 Å². The lowest BCUT2D eigenvalue weighted by atomic mass is 9.86. The molecule has 2 aliphatic rings. The molecule has 24 nitrogen and oxygen atoms in total. The van der Waals surface area contributed by atoms with Gasteiger partial charge in [-0.05, 0) is 97.7 Å². The molecule has 1 aliphatic heterocycles. The van der Waals surface area contributed by atoms with Gasteiger partial charge in [0.2, 0.25) is 17.7 Å². The lowest BCUT2D eigenvalue weighted by Gasteiger charge is -2.33. The van der Waals surface area contributed by atoms with Gasteiger partial charge in [-0.3, -0.25) is 19.2 Å². The topological polar surface area (TPSA) is 400 Å². The van der Waals surface area contributed by atoms with Gasteiger partial charge in [-0.25, -0.2) is 19.9 Å². The second-order valence-electron chi connectivity index (χ2n) is 18.3. The van der Waals surface area contributed by atoms with Crippen molar-refractivity contribution < 1.29 is 62.3 Å². The van der Waals surface area contributed by atoms with Crippen molar-refractivity contribution in [2.75, 3.05) is 45.6 Å². The number of carboxylic acid groups (broad SMARTS) is 1. The number of aromatic nitrogens is 2. The van der Waals surface area contributed by atoms with Gasteiger partial charge in [0.05, 0.1) is 17.9 Å². The van der Waals surface area contributed by atoms with Crippen molar-refractivity contribution >= 4 is 45.6 Å². The highest BCUT2D eigenvalue weighted by Gasteiger charge is 2.38. The standard InChI is InChI=1S/C47H61N11O13S/c1-22-36(40(50)57-41(53-22)28-8-9-31-27(38(28)60)11-12-47(31,3)4)43(63)56-33(20-52-72(51,68)69)45(65)58(5)37-25-17-30(39(61)35(18-25)71-21-26(59)19-49)29-15-24(7-10-34(29)70-14-6-13-48)16-32(46(66)67)55-42(62)23(2)54-44(37)64/h7-10,15,17-18,23,26,32-33,37,52,59-61H,6,11-14,16,19-21,48-49H2,1-5H3,(H,54,64)(H,55,62)(H,56,63)(H,66,67)(H2,50,53,57)(H2,51,68,69)/t23-,26+,32-,33-,37-/m0/s1. The summed E-state index contributed by atoms with van der Waals surface area (Å²) in [5.41, 5.74) is 19.6. The van der Waals surface area contributed by atoms with Crippen LogP contribution < -0.4 is 52.5 Å². The second-order valence-corrected chi connectivity index (χ2v) is 19.7. The lowest BCUT2D eigenvalue weighted by molar-refractivity contribution is -0.143. The summed E-state index contributed by atoms with van der Waals surface area (Å²) >= 11 is 0. The predicted octanol–water partition coefficient (Wildman–Crippen LogP) is -0.516. The summed E-state index contributed by atoms with van der Waals surface area (Å²) in [4.78, 5) is 79.5. The van der Waals surface area contributed by atoms with E-state index in [0.717, 1.165) is 29.5 Å². The van der Waals surface area contributed by atoms with Gasteiger partial charge in [0.1, 0.15) is 59.8 Å². The molecule has 0 fully saturated rings. The van der Waals surface area contributed by atoms with Crippen LogP contribution >= 0.6 is 0 Å². The molecular weight excluding hydrogens is 959 g/mol. The number of phenols is 2. The maximum absolute atomic E-state index is 14.9. The highest BCUT2D eigenvalue weighted by molar-refractivity contribution is 7.87. The van der Waals surface area contributed by atoms with Gasteiger partial charge in [0.15, 0.2) is 17.3 Å². The summed E-state index contributed by atoms with van der Waals surface area (Å²) in [6, 6.07) is 3.90. The molecule has 72 heavy (non-hydrogen) atoms. The largest absolute Gasteiger partial charge is 0.507 e. The molecule has 1 aromatic heterocycles. The molecule has 0 unspecified atom stereocenters. The fourth-order valence-electron chi connectivity index (χ4n) is 8.58. The highest BCUT2D eigenvalue weighted by atomic mass is 32.2. The molecule has 0 spiro atoms. The summed E-state index contributed by atoms with van der Waals surface area (Å²) in [5.74, 6) is -6.70. The number of nitrogen functional groups attached to an aromatic ring is 1. The molecule has 25 heteroatoms. The van der Waals surface area contributed by atoms with Gasteiger partial charge >= 0.3 is 5.97 Å². The van der Waals surface area contributed by atoms with Crippen LogP contribution in [0.3, 0.4) is 0 Å². The fraction of sp³-hybridized carbons (Fsp3) is 0.426. The van der Waals surface area contributed by atoms with Crippen LogP contribution in [-0.2, 0) is 47.6 Å². The molecule has 388 valence electrons. The molecule has 3 aromatic carbocycles. The predicted molar refractivity (Wildman–Crippen MR) is 262 cm³/mol. The minimum Gasteiger partial charge on any atom is -0.507 e. The zero-order valence-corrected chi connectivity index (χ0v) is 41.1. The summed E-state index contributed by atoms with van der Waals surface area (Å²) in [5, 5.41) is 56.4. The molecule has 6 rings (SSSR count). The first-order chi connectivity index (χ1) is 33.8. The summed E-state index contributed by atoms with van der Waals surface area (Å²) in [6.45, 7) is 5.58. The Kier molecular flexibility index (Phi) is 16.6. The summed E-state index contributed by atoms with van der Waals surface area (Å²) < 4.78 is 38.5. The number of fused-ring (bicyclic) bond motifs is 6. The number of hydrogen-bond acceptors (Lipinski definition) is 17. The zero-order chi connectivity index (χ0) is 53.0. The Bertz CT molecular complexity index is 2860. The molecule has 4 aromatic rings. The highest BCUT2D eigenvalue weighted by Crippen LogP contribution is 2.46. The number of carbonyl (C=O) groups excluding carboxylic acids is 4. The number of aliphatic carboxylic acids is 1. The number of aromatic hydroxyl groups is 2. The maximum atomic E-state index is 14.9. The van der Waals surface area contributed by atoms with Crippen LogP contribution in [0.4, 0.5) is 5.82 Å². The van der Waals surface area contributed by atoms with Crippen molar-refractivity contribution in [1.29, 1.82) is 0 Å². The molecule has 0 radical (unpaired) electrons. The van der Waals surface area contributed by atoms with Crippen LogP contribution in [0.25, 0.3) is 22.5 Å². The number of ether oxygens (including phenoxy) is 2. The molecule has 4 amide bonds. The first-order valence-electron chi connectivity index (χ1n) is 22.9. The fourth-order valence-corrected chi connectivity index (χ4v) is 8.98. The van der Waals surface area contributed by atoms with Gasteiger partial charge in [-0.1, -0.05) is 26.0 Å². The third-order valence-electron chi connectivity index (χ3n) is 12.5. The van der Waals surface area contributed by atoms with E-state index in [0.29, 0.717) is 18.4 Å². The van der Waals surface area contributed by atoms with Crippen LogP contribution in [-0.4, -0.2) is 137 Å². The van der Waals surface area contributed by atoms with E-state index < -0.39 is 89.0 Å². The van der Waals surface area contributed by atoms with Crippen LogP contribution in [0.15, 0.2) is 42.5 Å².